The minimum Gasteiger partial charge on any atom is -0.339 e. The van der Waals surface area contributed by atoms with E-state index >= 15 is 0 Å². The van der Waals surface area contributed by atoms with Crippen LogP contribution in [-0.4, -0.2) is 29.7 Å². The molecule has 1 fully saturated rings. The van der Waals surface area contributed by atoms with Gasteiger partial charge in [0.2, 0.25) is 5.91 Å². The number of carbonyl (C=O) groups excluding carboxylic acids is 2. The first-order valence-electron chi connectivity index (χ1n) is 8.76. The summed E-state index contributed by atoms with van der Waals surface area (Å²) in [6, 6.07) is 17.5. The normalized spacial score (nSPS) is 15.5. The van der Waals surface area contributed by atoms with Gasteiger partial charge in [-0.1, -0.05) is 60.2 Å². The summed E-state index contributed by atoms with van der Waals surface area (Å²) in [5.41, 5.74) is 2.98. The van der Waals surface area contributed by atoms with Crippen LogP contribution < -0.4 is 0 Å². The lowest BCUT2D eigenvalue weighted by atomic mass is 9.89. The molecule has 2 aromatic carbocycles. The number of likely N-dealkylation sites (tertiary alicyclic amines) is 1. The van der Waals surface area contributed by atoms with Gasteiger partial charge in [-0.25, -0.2) is 0 Å². The van der Waals surface area contributed by atoms with Gasteiger partial charge in [0, 0.05) is 30.6 Å². The third-order valence-electron chi connectivity index (χ3n) is 4.70. The van der Waals surface area contributed by atoms with E-state index in [2.05, 4.69) is 6.07 Å². The maximum atomic E-state index is 12.5. The van der Waals surface area contributed by atoms with Gasteiger partial charge in [0.05, 0.1) is 0 Å². The molecule has 128 valence electrons. The second-order valence-corrected chi connectivity index (χ2v) is 6.58. The Hall–Kier alpha value is -2.68. The SMILES string of the molecule is Cc1cccc(C=CC(=O)N2CCC(C(=O)c3ccccc3)CC2)c1. The van der Waals surface area contributed by atoms with Gasteiger partial charge in [-0.15, -0.1) is 0 Å². The standard InChI is InChI=1S/C22H23NO2/c1-17-6-5-7-18(16-17)10-11-21(24)23-14-12-20(13-15-23)22(25)19-8-3-2-4-9-19/h2-11,16,20H,12-15H2,1H3. The molecule has 3 rings (SSSR count). The van der Waals surface area contributed by atoms with E-state index in [0.29, 0.717) is 13.1 Å². The molecule has 1 aliphatic rings. The first-order chi connectivity index (χ1) is 12.1. The summed E-state index contributed by atoms with van der Waals surface area (Å²) in [6.07, 6.45) is 4.96. The number of hydrogen-bond acceptors (Lipinski definition) is 2. The van der Waals surface area contributed by atoms with Crippen molar-refractivity contribution in [3.8, 4) is 0 Å². The van der Waals surface area contributed by atoms with Crippen molar-refractivity contribution in [2.45, 2.75) is 19.8 Å². The molecule has 2 aromatic rings. The largest absolute Gasteiger partial charge is 0.339 e. The van der Waals surface area contributed by atoms with Crippen LogP contribution in [0.4, 0.5) is 0 Å². The second-order valence-electron chi connectivity index (χ2n) is 6.58. The van der Waals surface area contributed by atoms with Gasteiger partial charge < -0.3 is 4.90 Å². The molecule has 1 amide bonds. The van der Waals surface area contributed by atoms with Crippen molar-refractivity contribution in [1.82, 2.24) is 4.90 Å². The Bertz CT molecular complexity index is 772. The fraction of sp³-hybridized carbons (Fsp3) is 0.273. The van der Waals surface area contributed by atoms with E-state index in [4.69, 9.17) is 0 Å². The van der Waals surface area contributed by atoms with Crippen LogP contribution in [0.1, 0.15) is 34.3 Å². The fourth-order valence-electron chi connectivity index (χ4n) is 3.25. The minimum atomic E-state index is 0.0205. The highest BCUT2D eigenvalue weighted by Gasteiger charge is 2.27. The molecule has 0 radical (unpaired) electrons. The summed E-state index contributed by atoms with van der Waals surface area (Å²) >= 11 is 0. The second kappa shape index (κ2) is 7.93. The number of carbonyl (C=O) groups is 2. The molecular weight excluding hydrogens is 310 g/mol. The summed E-state index contributed by atoms with van der Waals surface area (Å²) in [6.45, 7) is 3.31. The van der Waals surface area contributed by atoms with Gasteiger partial charge in [0.25, 0.3) is 0 Å². The molecule has 3 nitrogen and oxygen atoms in total. The first-order valence-corrected chi connectivity index (χ1v) is 8.76. The van der Waals surface area contributed by atoms with Crippen LogP contribution in [0.25, 0.3) is 6.08 Å². The summed E-state index contributed by atoms with van der Waals surface area (Å²) < 4.78 is 0. The number of nitrogens with zero attached hydrogens (tertiary/aromatic N) is 1. The highest BCUT2D eigenvalue weighted by Crippen LogP contribution is 2.22. The Labute approximate surface area is 149 Å². The highest BCUT2D eigenvalue weighted by molar-refractivity contribution is 5.98. The zero-order valence-corrected chi connectivity index (χ0v) is 14.5. The zero-order chi connectivity index (χ0) is 17.6. The van der Waals surface area contributed by atoms with Crippen molar-refractivity contribution in [1.29, 1.82) is 0 Å². The van der Waals surface area contributed by atoms with Gasteiger partial charge in [0.1, 0.15) is 0 Å². The number of aryl methyl sites for hydroxylation is 1. The van der Waals surface area contributed by atoms with Gasteiger partial charge >= 0.3 is 0 Å². The van der Waals surface area contributed by atoms with Crippen LogP contribution >= 0.6 is 0 Å². The summed E-state index contributed by atoms with van der Waals surface area (Å²) in [5.74, 6) is 0.238. The minimum absolute atomic E-state index is 0.0205. The lowest BCUT2D eigenvalue weighted by Gasteiger charge is -2.30. The van der Waals surface area contributed by atoms with Gasteiger partial charge in [-0.2, -0.15) is 0 Å². The van der Waals surface area contributed by atoms with E-state index in [0.717, 1.165) is 24.0 Å². The van der Waals surface area contributed by atoms with E-state index in [1.165, 1.54) is 5.56 Å². The van der Waals surface area contributed by atoms with Crippen LogP contribution in [0.2, 0.25) is 0 Å². The van der Waals surface area contributed by atoms with Crippen LogP contribution in [0.5, 0.6) is 0 Å². The predicted molar refractivity (Wildman–Crippen MR) is 100 cm³/mol. The number of ketones is 1. The molecule has 1 heterocycles. The molecule has 0 spiro atoms. The Morgan fingerprint density at radius 2 is 1.72 bits per heavy atom. The molecule has 0 N–H and O–H groups in total. The molecule has 25 heavy (non-hydrogen) atoms. The Morgan fingerprint density at radius 3 is 2.40 bits per heavy atom. The lowest BCUT2D eigenvalue weighted by molar-refractivity contribution is -0.127. The van der Waals surface area contributed by atoms with E-state index in [1.807, 2.05) is 66.4 Å². The number of amides is 1. The van der Waals surface area contributed by atoms with Crippen molar-refractivity contribution < 1.29 is 9.59 Å². The van der Waals surface area contributed by atoms with Crippen LogP contribution in [-0.2, 0) is 4.79 Å². The Kier molecular flexibility index (Phi) is 5.44. The third kappa shape index (κ3) is 4.44. The number of benzene rings is 2. The molecule has 3 heteroatoms. The number of hydrogen-bond donors (Lipinski definition) is 0. The maximum Gasteiger partial charge on any atom is 0.246 e. The van der Waals surface area contributed by atoms with Crippen molar-refractivity contribution in [2.75, 3.05) is 13.1 Å². The fourth-order valence-corrected chi connectivity index (χ4v) is 3.25. The quantitative estimate of drug-likeness (QED) is 0.623. The first kappa shape index (κ1) is 17.2. The summed E-state index contributed by atoms with van der Waals surface area (Å²) in [5, 5.41) is 0. The third-order valence-corrected chi connectivity index (χ3v) is 4.70. The van der Waals surface area contributed by atoms with Crippen molar-refractivity contribution in [3.05, 3.63) is 77.4 Å². The highest BCUT2D eigenvalue weighted by atomic mass is 16.2. The number of rotatable bonds is 4. The van der Waals surface area contributed by atoms with Crippen LogP contribution in [0.3, 0.4) is 0 Å². The molecule has 1 saturated heterocycles. The van der Waals surface area contributed by atoms with Gasteiger partial charge in [-0.3, -0.25) is 9.59 Å². The lowest BCUT2D eigenvalue weighted by Crippen LogP contribution is -2.39. The van der Waals surface area contributed by atoms with E-state index in [9.17, 15) is 9.59 Å². The average Bonchev–Trinajstić information content (AvgIpc) is 2.66. The van der Waals surface area contributed by atoms with Crippen molar-refractivity contribution in [2.24, 2.45) is 5.92 Å². The molecule has 0 bridgehead atoms. The topological polar surface area (TPSA) is 37.4 Å². The van der Waals surface area contributed by atoms with Crippen LogP contribution in [0.15, 0.2) is 60.7 Å². The Balaban J connectivity index is 1.55. The van der Waals surface area contributed by atoms with Crippen molar-refractivity contribution >= 4 is 17.8 Å². The van der Waals surface area contributed by atoms with Gasteiger partial charge in [0.15, 0.2) is 5.78 Å². The molecule has 0 aliphatic carbocycles. The maximum absolute atomic E-state index is 12.5. The monoisotopic (exact) mass is 333 g/mol. The Morgan fingerprint density at radius 1 is 1.00 bits per heavy atom. The van der Waals surface area contributed by atoms with E-state index in [1.54, 1.807) is 6.08 Å². The molecule has 0 aromatic heterocycles. The van der Waals surface area contributed by atoms with Crippen LogP contribution in [0, 0.1) is 12.8 Å². The molecule has 0 saturated carbocycles. The molecular formula is C22H23NO2. The molecule has 1 aliphatic heterocycles. The summed E-state index contributed by atoms with van der Waals surface area (Å²) in [7, 11) is 0. The smallest absolute Gasteiger partial charge is 0.246 e. The molecule has 0 unspecified atom stereocenters. The van der Waals surface area contributed by atoms with Gasteiger partial charge in [-0.05, 0) is 31.4 Å². The average molecular weight is 333 g/mol. The number of piperidine rings is 1. The van der Waals surface area contributed by atoms with E-state index in [-0.39, 0.29) is 17.6 Å². The molecule has 0 atom stereocenters. The summed E-state index contributed by atoms with van der Waals surface area (Å²) in [4.78, 5) is 26.7. The number of Topliss-reactive ketones (excluding diaryl/α,β-unsaturated/α-hetero) is 1. The van der Waals surface area contributed by atoms with Crippen molar-refractivity contribution in [3.63, 3.8) is 0 Å². The van der Waals surface area contributed by atoms with E-state index < -0.39 is 0 Å². The zero-order valence-electron chi connectivity index (χ0n) is 14.5. The predicted octanol–water partition coefficient (Wildman–Crippen LogP) is 4.13.